The molecule has 1 aromatic carbocycles. The fourth-order valence-electron chi connectivity index (χ4n) is 3.34. The molecule has 0 bridgehead atoms. The summed E-state index contributed by atoms with van der Waals surface area (Å²) in [5.41, 5.74) is 1.64. The number of hydrogen-bond donors (Lipinski definition) is 2. The molecule has 1 aliphatic heterocycles. The number of amides is 1. The highest BCUT2D eigenvalue weighted by Crippen LogP contribution is 2.24. The Balaban J connectivity index is 0.00000420. The Morgan fingerprint density at radius 2 is 2.07 bits per heavy atom. The van der Waals surface area contributed by atoms with Crippen LogP contribution in [0, 0.1) is 11.8 Å². The molecule has 3 atom stereocenters. The molecule has 0 radical (unpaired) electrons. The van der Waals surface area contributed by atoms with Gasteiger partial charge in [0.2, 0.25) is 0 Å². The topological polar surface area (TPSA) is 83.0 Å². The first-order chi connectivity index (χ1) is 13.4. The molecule has 1 amide bonds. The van der Waals surface area contributed by atoms with Crippen molar-refractivity contribution >= 4 is 41.8 Å². The number of likely N-dealkylation sites (tertiary alicyclic amines) is 1. The number of carbonyl (C=O) groups is 2. The molecule has 1 fully saturated rings. The molecule has 1 saturated heterocycles. The zero-order valence-corrected chi connectivity index (χ0v) is 20.2. The lowest BCUT2D eigenvalue weighted by atomic mass is 9.99. The lowest BCUT2D eigenvalue weighted by Gasteiger charge is -2.21. The maximum atomic E-state index is 12.3. The first-order valence-electron chi connectivity index (χ1n) is 9.82. The van der Waals surface area contributed by atoms with Gasteiger partial charge in [0.05, 0.1) is 13.0 Å². The van der Waals surface area contributed by atoms with Crippen molar-refractivity contribution in [1.82, 2.24) is 15.5 Å². The highest BCUT2D eigenvalue weighted by atomic mass is 127. The predicted octanol–water partition coefficient (Wildman–Crippen LogP) is 2.65. The fourth-order valence-corrected chi connectivity index (χ4v) is 3.34. The van der Waals surface area contributed by atoms with Crippen LogP contribution in [0.4, 0.5) is 0 Å². The second kappa shape index (κ2) is 12.0. The lowest BCUT2D eigenvalue weighted by Crippen LogP contribution is -2.40. The quantitative estimate of drug-likeness (QED) is 0.263. The van der Waals surface area contributed by atoms with E-state index in [0.717, 1.165) is 24.5 Å². The molecule has 162 valence electrons. The number of aliphatic imine (C=N–C) groups is 1. The zero-order valence-electron chi connectivity index (χ0n) is 17.9. The Hall–Kier alpha value is -1.84. The summed E-state index contributed by atoms with van der Waals surface area (Å²) in [6.07, 6.45) is 0.893. The molecule has 3 unspecified atom stereocenters. The number of ether oxygens (including phenoxy) is 1. The predicted molar refractivity (Wildman–Crippen MR) is 126 cm³/mol. The Kier molecular flexibility index (Phi) is 10.4. The van der Waals surface area contributed by atoms with Crippen molar-refractivity contribution < 1.29 is 14.3 Å². The van der Waals surface area contributed by atoms with Crippen molar-refractivity contribution in [3.8, 4) is 0 Å². The number of methoxy groups -OCH3 is 1. The van der Waals surface area contributed by atoms with E-state index in [0.29, 0.717) is 18.7 Å². The molecule has 0 aromatic heterocycles. The second-order valence-electron chi connectivity index (χ2n) is 7.40. The zero-order chi connectivity index (χ0) is 20.7. The smallest absolute Gasteiger partial charge is 0.310 e. The summed E-state index contributed by atoms with van der Waals surface area (Å²) in [6.45, 7) is 7.97. The van der Waals surface area contributed by atoms with Crippen LogP contribution in [0.25, 0.3) is 0 Å². The Morgan fingerprint density at radius 1 is 1.34 bits per heavy atom. The van der Waals surface area contributed by atoms with Crippen molar-refractivity contribution in [2.75, 3.05) is 27.2 Å². The maximum absolute atomic E-state index is 12.3. The van der Waals surface area contributed by atoms with Gasteiger partial charge in [0, 0.05) is 38.3 Å². The molecular weight excluding hydrogens is 483 g/mol. The van der Waals surface area contributed by atoms with Gasteiger partial charge in [0.15, 0.2) is 5.96 Å². The van der Waals surface area contributed by atoms with Crippen molar-refractivity contribution in [1.29, 1.82) is 0 Å². The van der Waals surface area contributed by atoms with E-state index in [1.165, 1.54) is 7.11 Å². The van der Waals surface area contributed by atoms with Crippen LogP contribution in [0.2, 0.25) is 0 Å². The third-order valence-corrected chi connectivity index (χ3v) is 5.26. The van der Waals surface area contributed by atoms with Crippen LogP contribution >= 0.6 is 24.0 Å². The van der Waals surface area contributed by atoms with Gasteiger partial charge < -0.3 is 20.3 Å². The number of hydrogen-bond acceptors (Lipinski definition) is 4. The number of guanidine groups is 1. The summed E-state index contributed by atoms with van der Waals surface area (Å²) in [5, 5.41) is 6.32. The van der Waals surface area contributed by atoms with Gasteiger partial charge in [0.1, 0.15) is 0 Å². The van der Waals surface area contributed by atoms with E-state index in [4.69, 9.17) is 4.74 Å². The van der Waals surface area contributed by atoms with Crippen LogP contribution < -0.4 is 10.6 Å². The van der Waals surface area contributed by atoms with Crippen LogP contribution in [0.3, 0.4) is 0 Å². The van der Waals surface area contributed by atoms with Gasteiger partial charge >= 0.3 is 5.97 Å². The standard InChI is InChI=1S/C21H32N4O3.HI/c1-6-15(3)24-19(26)17-9-7-8-16(10-17)11-23-21(22-4)25-12-14(2)18(13-25)20(27)28-5;/h7-10,14-15,18H,6,11-13H2,1-5H3,(H,22,23)(H,24,26);1H. The minimum Gasteiger partial charge on any atom is -0.469 e. The summed E-state index contributed by atoms with van der Waals surface area (Å²) >= 11 is 0. The molecule has 29 heavy (non-hydrogen) atoms. The number of nitrogens with one attached hydrogen (secondary N) is 2. The molecule has 0 saturated carbocycles. The van der Waals surface area contributed by atoms with E-state index in [9.17, 15) is 9.59 Å². The molecule has 1 aliphatic rings. The third-order valence-electron chi connectivity index (χ3n) is 5.26. The van der Waals surface area contributed by atoms with Crippen LogP contribution in [-0.4, -0.2) is 56.0 Å². The largest absolute Gasteiger partial charge is 0.469 e. The van der Waals surface area contributed by atoms with Gasteiger partial charge in [-0.3, -0.25) is 14.6 Å². The van der Waals surface area contributed by atoms with Gasteiger partial charge in [-0.15, -0.1) is 24.0 Å². The van der Waals surface area contributed by atoms with Crippen molar-refractivity contribution in [3.05, 3.63) is 35.4 Å². The SMILES string of the molecule is CCC(C)NC(=O)c1cccc(CNC(=NC)N2CC(C)C(C(=O)OC)C2)c1.I. The fraction of sp³-hybridized carbons (Fsp3) is 0.571. The number of nitrogens with zero attached hydrogens (tertiary/aromatic N) is 2. The molecule has 2 rings (SSSR count). The van der Waals surface area contributed by atoms with Crippen molar-refractivity contribution in [2.24, 2.45) is 16.8 Å². The van der Waals surface area contributed by atoms with Gasteiger partial charge in [0.25, 0.3) is 5.91 Å². The van der Waals surface area contributed by atoms with Crippen LogP contribution in [0.5, 0.6) is 0 Å². The van der Waals surface area contributed by atoms with Gasteiger partial charge in [-0.2, -0.15) is 0 Å². The number of halogens is 1. The van der Waals surface area contributed by atoms with Gasteiger partial charge in [-0.1, -0.05) is 26.0 Å². The first-order valence-corrected chi connectivity index (χ1v) is 9.82. The second-order valence-corrected chi connectivity index (χ2v) is 7.40. The van der Waals surface area contributed by atoms with E-state index in [-0.39, 0.29) is 53.7 Å². The summed E-state index contributed by atoms with van der Waals surface area (Å²) < 4.78 is 4.90. The molecule has 7 nitrogen and oxygen atoms in total. The Morgan fingerprint density at radius 3 is 2.69 bits per heavy atom. The van der Waals surface area contributed by atoms with Gasteiger partial charge in [-0.25, -0.2) is 0 Å². The minimum atomic E-state index is -0.175. The van der Waals surface area contributed by atoms with Crippen LogP contribution in [0.15, 0.2) is 29.3 Å². The molecule has 0 aliphatic carbocycles. The molecule has 1 heterocycles. The average molecular weight is 516 g/mol. The summed E-state index contributed by atoms with van der Waals surface area (Å²) in [7, 11) is 3.16. The number of benzene rings is 1. The highest BCUT2D eigenvalue weighted by Gasteiger charge is 2.36. The number of carbonyl (C=O) groups excluding carboxylic acids is 2. The van der Waals surface area contributed by atoms with Crippen LogP contribution in [0.1, 0.15) is 43.1 Å². The molecule has 2 N–H and O–H groups in total. The highest BCUT2D eigenvalue weighted by molar-refractivity contribution is 14.0. The average Bonchev–Trinajstić information content (AvgIpc) is 3.09. The maximum Gasteiger partial charge on any atom is 0.310 e. The third kappa shape index (κ3) is 6.87. The van der Waals surface area contributed by atoms with E-state index >= 15 is 0 Å². The first kappa shape index (κ1) is 25.2. The van der Waals surface area contributed by atoms with E-state index in [1.54, 1.807) is 7.05 Å². The molecule has 8 heteroatoms. The molecule has 1 aromatic rings. The van der Waals surface area contributed by atoms with E-state index in [1.807, 2.05) is 45.0 Å². The minimum absolute atomic E-state index is 0. The monoisotopic (exact) mass is 516 g/mol. The number of esters is 1. The van der Waals surface area contributed by atoms with Crippen molar-refractivity contribution in [2.45, 2.75) is 39.8 Å². The lowest BCUT2D eigenvalue weighted by molar-refractivity contribution is -0.145. The Labute approximate surface area is 190 Å². The van der Waals surface area contributed by atoms with Crippen LogP contribution in [-0.2, 0) is 16.1 Å². The van der Waals surface area contributed by atoms with Gasteiger partial charge in [-0.05, 0) is 37.0 Å². The summed E-state index contributed by atoms with van der Waals surface area (Å²) in [5.74, 6) is 0.572. The van der Waals surface area contributed by atoms with Crippen molar-refractivity contribution in [3.63, 3.8) is 0 Å². The van der Waals surface area contributed by atoms with E-state index < -0.39 is 0 Å². The number of rotatable bonds is 6. The Bertz CT molecular complexity index is 726. The molecular formula is C21H33IN4O3. The summed E-state index contributed by atoms with van der Waals surface area (Å²) in [6, 6.07) is 7.72. The normalized spacial score (nSPS) is 19.9. The summed E-state index contributed by atoms with van der Waals surface area (Å²) in [4.78, 5) is 30.7. The van der Waals surface area contributed by atoms with E-state index in [2.05, 4.69) is 20.5 Å². The molecule has 0 spiro atoms.